The average molecular weight is 524 g/mol. The van der Waals surface area contributed by atoms with Gasteiger partial charge in [0, 0.05) is 26.9 Å². The van der Waals surface area contributed by atoms with Gasteiger partial charge in [0.05, 0.1) is 26.7 Å². The fraction of sp³-hybridized carbons (Fsp3) is 0. The van der Waals surface area contributed by atoms with E-state index in [2.05, 4.69) is 9.37 Å². The van der Waals surface area contributed by atoms with E-state index in [0.29, 0.717) is 23.5 Å². The van der Waals surface area contributed by atoms with E-state index in [1.165, 1.54) is 30.3 Å². The Labute approximate surface area is 252 Å². The van der Waals surface area contributed by atoms with Crippen molar-refractivity contribution < 1.29 is 134 Å². The minimum Gasteiger partial charge on any atom is -0.744 e. The van der Waals surface area contributed by atoms with Crippen LogP contribution < -0.4 is 93.9 Å². The summed E-state index contributed by atoms with van der Waals surface area (Å²) < 4.78 is 74.8. The maximum atomic E-state index is 11.8. The molecule has 32 heavy (non-hydrogen) atoms. The Morgan fingerprint density at radius 1 is 0.750 bits per heavy atom. The molecule has 4 rings (SSSR count). The Kier molecular flexibility index (Phi) is 10.8. The molecule has 0 unspecified atom stereocenters. The van der Waals surface area contributed by atoms with Crippen LogP contribution in [0.3, 0.4) is 0 Å². The van der Waals surface area contributed by atoms with Gasteiger partial charge in [-0.15, -0.1) is 0 Å². The molecule has 4 aromatic rings. The predicted molar refractivity (Wildman–Crippen MR) is 95.8 cm³/mol. The van der Waals surface area contributed by atoms with Gasteiger partial charge in [0.25, 0.3) is 0 Å². The fourth-order valence-electron chi connectivity index (χ4n) is 3.41. The molecule has 10 nitrogen and oxygen atoms in total. The van der Waals surface area contributed by atoms with Crippen molar-refractivity contribution >= 4 is 64.6 Å². The first-order valence-electron chi connectivity index (χ1n) is 7.56. The van der Waals surface area contributed by atoms with E-state index in [9.17, 15) is 36.3 Å². The standard InChI is InChI=1S/C16H10O10S3.3Na/c17-11-5-12(27-26-25-18)8-2-4-10-14(29(22,23)24)6-13(28(19,20)21)9-3-1-7(11)15(8)16(9)10;;;/h1-6,17-18H,(H,19,20,21)(H,22,23,24);;;/q;3*+1/p-3. The van der Waals surface area contributed by atoms with E-state index in [-0.39, 0.29) is 126 Å². The number of benzene rings is 4. The molecule has 0 aliphatic heterocycles. The summed E-state index contributed by atoms with van der Waals surface area (Å²) in [6.07, 6.45) is 0. The normalized spacial score (nSPS) is 11.8. The topological polar surface area (TPSA) is 176 Å². The van der Waals surface area contributed by atoms with Gasteiger partial charge in [0.2, 0.25) is 0 Å². The first-order valence-corrected chi connectivity index (χ1v) is 11.1. The van der Waals surface area contributed by atoms with Crippen molar-refractivity contribution in [3.05, 3.63) is 36.4 Å². The number of hydrogen-bond acceptors (Lipinski definition) is 11. The molecule has 16 heteroatoms. The fourth-order valence-corrected chi connectivity index (χ4v) is 5.41. The summed E-state index contributed by atoms with van der Waals surface area (Å²) in [6, 6.07) is 7.03. The smallest absolute Gasteiger partial charge is 0.744 e. The summed E-state index contributed by atoms with van der Waals surface area (Å²) in [6.45, 7) is 0. The summed E-state index contributed by atoms with van der Waals surface area (Å²) >= 11 is 0.452. The molecule has 0 radical (unpaired) electrons. The van der Waals surface area contributed by atoms with Gasteiger partial charge in [-0.05, 0) is 23.6 Å². The molecular weight excluding hydrogens is 517 g/mol. The monoisotopic (exact) mass is 524 g/mol. The second-order valence-corrected chi connectivity index (χ2v) is 9.40. The second kappa shape index (κ2) is 11.2. The molecule has 0 saturated heterocycles. The van der Waals surface area contributed by atoms with Gasteiger partial charge < -0.3 is 19.5 Å². The molecular formula is C16H7Na3O10S3. The van der Waals surface area contributed by atoms with E-state index >= 15 is 0 Å². The van der Waals surface area contributed by atoms with Crippen molar-refractivity contribution in [1.82, 2.24) is 0 Å². The Balaban J connectivity index is 0.00000171. The molecule has 0 bridgehead atoms. The SMILES string of the molecule is O=S(=O)([O-])c1cc(S(=O)(=O)[O-])c2ccc3c(SOO[O-])cc(O)c4ccc1c2c43.[Na+].[Na+].[Na+]. The zero-order valence-electron chi connectivity index (χ0n) is 16.8. The number of phenols is 1. The Morgan fingerprint density at radius 3 is 1.66 bits per heavy atom. The minimum atomic E-state index is -5.15. The Morgan fingerprint density at radius 2 is 1.19 bits per heavy atom. The van der Waals surface area contributed by atoms with Crippen LogP contribution in [0.1, 0.15) is 0 Å². The van der Waals surface area contributed by atoms with Crippen LogP contribution in [0.5, 0.6) is 5.75 Å². The van der Waals surface area contributed by atoms with Crippen LogP contribution in [-0.4, -0.2) is 31.0 Å². The molecule has 0 atom stereocenters. The molecule has 0 amide bonds. The van der Waals surface area contributed by atoms with Gasteiger partial charge in [-0.3, -0.25) is 5.04 Å². The molecule has 0 aliphatic carbocycles. The van der Waals surface area contributed by atoms with Crippen molar-refractivity contribution in [3.8, 4) is 5.75 Å². The van der Waals surface area contributed by atoms with E-state index in [0.717, 1.165) is 0 Å². The van der Waals surface area contributed by atoms with Crippen molar-refractivity contribution in [2.24, 2.45) is 0 Å². The van der Waals surface area contributed by atoms with Crippen LogP contribution in [0.2, 0.25) is 0 Å². The zero-order valence-corrected chi connectivity index (χ0v) is 25.3. The molecule has 0 saturated carbocycles. The number of aromatic hydroxyl groups is 1. The summed E-state index contributed by atoms with van der Waals surface area (Å²) in [5, 5.41) is 24.2. The number of phenolic OH excluding ortho intramolecular Hbond substituents is 1. The van der Waals surface area contributed by atoms with E-state index < -0.39 is 30.0 Å². The van der Waals surface area contributed by atoms with Crippen molar-refractivity contribution in [1.29, 1.82) is 0 Å². The molecule has 0 spiro atoms. The van der Waals surface area contributed by atoms with E-state index in [1.807, 2.05) is 0 Å². The Bertz CT molecular complexity index is 1460. The molecule has 0 heterocycles. The van der Waals surface area contributed by atoms with Gasteiger partial charge in [-0.2, -0.15) is 4.33 Å². The van der Waals surface area contributed by atoms with Crippen molar-refractivity contribution in [3.63, 3.8) is 0 Å². The van der Waals surface area contributed by atoms with Crippen molar-refractivity contribution in [2.75, 3.05) is 0 Å². The number of hydrogen-bond donors (Lipinski definition) is 1. The van der Waals surface area contributed by atoms with Crippen LogP contribution in [0.25, 0.3) is 32.3 Å². The summed E-state index contributed by atoms with van der Waals surface area (Å²) in [5.74, 6) is -0.300. The van der Waals surface area contributed by atoms with Crippen LogP contribution in [-0.2, 0) is 29.6 Å². The zero-order chi connectivity index (χ0) is 21.1. The second-order valence-electron chi connectivity index (χ2n) is 5.97. The predicted octanol–water partition coefficient (Wildman–Crippen LogP) is -7.66. The van der Waals surface area contributed by atoms with Gasteiger partial charge >= 0.3 is 88.7 Å². The molecule has 4 aromatic carbocycles. The largest absolute Gasteiger partial charge is 1.00 e. The van der Waals surface area contributed by atoms with Gasteiger partial charge in [-0.25, -0.2) is 16.8 Å². The maximum Gasteiger partial charge on any atom is 1.00 e. The molecule has 0 fully saturated rings. The first kappa shape index (κ1) is 30.8. The summed E-state index contributed by atoms with van der Waals surface area (Å²) in [5.41, 5.74) is 0. The Hall–Kier alpha value is 0.770. The molecule has 1 N–H and O–H groups in total. The summed E-state index contributed by atoms with van der Waals surface area (Å²) in [7, 11) is -10.3. The van der Waals surface area contributed by atoms with Gasteiger partial charge in [-0.1, -0.05) is 18.2 Å². The van der Waals surface area contributed by atoms with Crippen molar-refractivity contribution in [2.45, 2.75) is 14.7 Å². The van der Waals surface area contributed by atoms with Crippen LogP contribution in [0.4, 0.5) is 0 Å². The third kappa shape index (κ3) is 5.44. The molecule has 0 aromatic heterocycles. The van der Waals surface area contributed by atoms with Gasteiger partial charge in [0.15, 0.2) is 0 Å². The summed E-state index contributed by atoms with van der Waals surface area (Å²) in [4.78, 5) is -1.59. The van der Waals surface area contributed by atoms with E-state index in [4.69, 9.17) is 0 Å². The van der Waals surface area contributed by atoms with E-state index in [1.54, 1.807) is 0 Å². The third-order valence-electron chi connectivity index (χ3n) is 4.45. The van der Waals surface area contributed by atoms with Crippen LogP contribution in [0, 0.1) is 0 Å². The molecule has 152 valence electrons. The van der Waals surface area contributed by atoms with Crippen LogP contribution in [0.15, 0.2) is 51.1 Å². The van der Waals surface area contributed by atoms with Gasteiger partial charge in [0.1, 0.15) is 26.0 Å². The third-order valence-corrected chi connectivity index (χ3v) is 6.85. The minimum absolute atomic E-state index is 0. The number of rotatable bonds is 5. The quantitative estimate of drug-likeness (QED) is 0.0655. The first-order chi connectivity index (χ1) is 13.5. The van der Waals surface area contributed by atoms with Crippen LogP contribution >= 0.6 is 12.0 Å². The maximum absolute atomic E-state index is 11.8. The average Bonchev–Trinajstić information content (AvgIpc) is 2.63. The molecule has 0 aliphatic rings.